The van der Waals surface area contributed by atoms with E-state index in [1.54, 1.807) is 0 Å². The molecule has 2 saturated carbocycles. The van der Waals surface area contributed by atoms with Gasteiger partial charge in [-0.25, -0.2) is 0 Å². The fraction of sp³-hybridized carbons (Fsp3) is 0.867. The SMILES string of the molecule is C=C1CCC[C@]2(C)CC(O)[C@H](C(C)(C)O)CC12. The van der Waals surface area contributed by atoms with Gasteiger partial charge in [-0.2, -0.15) is 0 Å². The van der Waals surface area contributed by atoms with Gasteiger partial charge in [0, 0.05) is 5.92 Å². The normalized spacial score (nSPS) is 43.4. The summed E-state index contributed by atoms with van der Waals surface area (Å²) in [6.45, 7) is 10.1. The molecule has 0 aromatic rings. The van der Waals surface area contributed by atoms with Gasteiger partial charge in [0.15, 0.2) is 0 Å². The molecule has 4 atom stereocenters. The molecule has 0 spiro atoms. The molecular weight excluding hydrogens is 212 g/mol. The highest BCUT2D eigenvalue weighted by Gasteiger charge is 2.49. The second-order valence-electron chi connectivity index (χ2n) is 6.99. The Morgan fingerprint density at radius 2 is 2.06 bits per heavy atom. The van der Waals surface area contributed by atoms with E-state index in [1.165, 1.54) is 18.4 Å². The summed E-state index contributed by atoms with van der Waals surface area (Å²) < 4.78 is 0. The molecule has 0 heterocycles. The first kappa shape index (κ1) is 13.1. The molecule has 2 N–H and O–H groups in total. The van der Waals surface area contributed by atoms with Crippen molar-refractivity contribution in [3.63, 3.8) is 0 Å². The van der Waals surface area contributed by atoms with Crippen LogP contribution < -0.4 is 0 Å². The Morgan fingerprint density at radius 1 is 1.41 bits per heavy atom. The molecule has 0 radical (unpaired) electrons. The lowest BCUT2D eigenvalue weighted by molar-refractivity contribution is -0.110. The van der Waals surface area contributed by atoms with E-state index in [0.29, 0.717) is 5.92 Å². The zero-order chi connectivity index (χ0) is 12.8. The fourth-order valence-electron chi connectivity index (χ4n) is 4.05. The van der Waals surface area contributed by atoms with Crippen LogP contribution in [0.1, 0.15) is 52.9 Å². The van der Waals surface area contributed by atoms with Crippen LogP contribution in [0.15, 0.2) is 12.2 Å². The first-order chi connectivity index (χ1) is 7.74. The Labute approximate surface area is 105 Å². The number of aliphatic hydroxyl groups is 2. The lowest BCUT2D eigenvalue weighted by Gasteiger charge is -2.52. The van der Waals surface area contributed by atoms with Gasteiger partial charge in [-0.15, -0.1) is 0 Å². The molecule has 2 heteroatoms. The number of aliphatic hydroxyl groups excluding tert-OH is 1. The third kappa shape index (κ3) is 2.30. The maximum atomic E-state index is 10.3. The van der Waals surface area contributed by atoms with E-state index in [-0.39, 0.29) is 17.4 Å². The molecule has 2 unspecified atom stereocenters. The van der Waals surface area contributed by atoms with Gasteiger partial charge in [-0.3, -0.25) is 0 Å². The zero-order valence-corrected chi connectivity index (χ0v) is 11.4. The van der Waals surface area contributed by atoms with Crippen molar-refractivity contribution in [1.29, 1.82) is 0 Å². The summed E-state index contributed by atoms with van der Waals surface area (Å²) >= 11 is 0. The minimum absolute atomic E-state index is 0.0181. The van der Waals surface area contributed by atoms with E-state index in [0.717, 1.165) is 19.3 Å². The van der Waals surface area contributed by atoms with Crippen molar-refractivity contribution in [2.45, 2.75) is 64.6 Å². The van der Waals surface area contributed by atoms with Crippen LogP contribution in [0.3, 0.4) is 0 Å². The summed E-state index contributed by atoms with van der Waals surface area (Å²) in [7, 11) is 0. The topological polar surface area (TPSA) is 40.5 Å². The molecule has 2 aliphatic rings. The van der Waals surface area contributed by atoms with E-state index in [2.05, 4.69) is 13.5 Å². The quantitative estimate of drug-likeness (QED) is 0.690. The molecule has 2 nitrogen and oxygen atoms in total. The van der Waals surface area contributed by atoms with E-state index in [1.807, 2.05) is 13.8 Å². The maximum Gasteiger partial charge on any atom is 0.0644 e. The molecule has 17 heavy (non-hydrogen) atoms. The highest BCUT2D eigenvalue weighted by Crippen LogP contribution is 2.54. The van der Waals surface area contributed by atoms with Crippen LogP contribution in [-0.4, -0.2) is 21.9 Å². The van der Waals surface area contributed by atoms with Crippen molar-refractivity contribution in [3.8, 4) is 0 Å². The van der Waals surface area contributed by atoms with E-state index >= 15 is 0 Å². The number of fused-ring (bicyclic) bond motifs is 1. The van der Waals surface area contributed by atoms with E-state index in [4.69, 9.17) is 0 Å². The minimum atomic E-state index is -0.793. The van der Waals surface area contributed by atoms with Gasteiger partial charge >= 0.3 is 0 Å². The Morgan fingerprint density at radius 3 is 2.65 bits per heavy atom. The standard InChI is InChI=1S/C15H26O2/c1-10-6-5-7-15(4)9-13(16)12(8-11(10)15)14(2,3)17/h11-13,16-17H,1,5-9H2,2-4H3/t11?,12-,13?,15-/m1/s1. The summed E-state index contributed by atoms with van der Waals surface area (Å²) in [6, 6.07) is 0. The summed E-state index contributed by atoms with van der Waals surface area (Å²) in [4.78, 5) is 0. The first-order valence-electron chi connectivity index (χ1n) is 6.82. The second kappa shape index (κ2) is 4.10. The van der Waals surface area contributed by atoms with Gasteiger partial charge in [-0.1, -0.05) is 19.1 Å². The lowest BCUT2D eigenvalue weighted by atomic mass is 9.54. The summed E-state index contributed by atoms with van der Waals surface area (Å²) in [5, 5.41) is 20.5. The average Bonchev–Trinajstić information content (AvgIpc) is 2.13. The van der Waals surface area contributed by atoms with Crippen molar-refractivity contribution in [3.05, 3.63) is 12.2 Å². The third-order valence-corrected chi connectivity index (χ3v) is 5.12. The summed E-state index contributed by atoms with van der Waals surface area (Å²) in [6.07, 6.45) is 4.83. The van der Waals surface area contributed by atoms with Crippen molar-refractivity contribution in [1.82, 2.24) is 0 Å². The van der Waals surface area contributed by atoms with E-state index in [9.17, 15) is 10.2 Å². The highest BCUT2D eigenvalue weighted by molar-refractivity contribution is 5.14. The smallest absolute Gasteiger partial charge is 0.0644 e. The Kier molecular flexibility index (Phi) is 3.16. The maximum absolute atomic E-state index is 10.3. The second-order valence-corrected chi connectivity index (χ2v) is 6.99. The van der Waals surface area contributed by atoms with Crippen LogP contribution in [0.5, 0.6) is 0 Å². The molecule has 0 amide bonds. The Balaban J connectivity index is 2.23. The van der Waals surface area contributed by atoms with Gasteiger partial charge in [-0.05, 0) is 57.3 Å². The van der Waals surface area contributed by atoms with Crippen LogP contribution in [0.2, 0.25) is 0 Å². The molecule has 0 aliphatic heterocycles. The number of allylic oxidation sites excluding steroid dienone is 1. The largest absolute Gasteiger partial charge is 0.393 e. The van der Waals surface area contributed by atoms with Gasteiger partial charge in [0.2, 0.25) is 0 Å². The Bertz CT molecular complexity index is 315. The fourth-order valence-corrected chi connectivity index (χ4v) is 4.05. The number of hydrogen-bond donors (Lipinski definition) is 2. The molecule has 0 aromatic heterocycles. The summed E-state index contributed by atoms with van der Waals surface area (Å²) in [5.41, 5.74) is 0.745. The van der Waals surface area contributed by atoms with Crippen molar-refractivity contribution < 1.29 is 10.2 Å². The van der Waals surface area contributed by atoms with Crippen molar-refractivity contribution in [2.75, 3.05) is 0 Å². The van der Waals surface area contributed by atoms with Gasteiger partial charge < -0.3 is 10.2 Å². The molecule has 2 fully saturated rings. The lowest BCUT2D eigenvalue weighted by Crippen LogP contribution is -2.51. The number of hydrogen-bond acceptors (Lipinski definition) is 2. The Hall–Kier alpha value is -0.340. The molecular formula is C15H26O2. The highest BCUT2D eigenvalue weighted by atomic mass is 16.3. The van der Waals surface area contributed by atoms with Crippen LogP contribution >= 0.6 is 0 Å². The minimum Gasteiger partial charge on any atom is -0.393 e. The van der Waals surface area contributed by atoms with Crippen LogP contribution in [0, 0.1) is 17.3 Å². The first-order valence-corrected chi connectivity index (χ1v) is 6.82. The molecule has 2 rings (SSSR count). The molecule has 0 aromatic carbocycles. The molecule has 0 saturated heterocycles. The van der Waals surface area contributed by atoms with Crippen LogP contribution in [0.4, 0.5) is 0 Å². The average molecular weight is 238 g/mol. The van der Waals surface area contributed by atoms with Gasteiger partial charge in [0.25, 0.3) is 0 Å². The van der Waals surface area contributed by atoms with E-state index < -0.39 is 5.60 Å². The monoisotopic (exact) mass is 238 g/mol. The van der Waals surface area contributed by atoms with Gasteiger partial charge in [0.1, 0.15) is 0 Å². The van der Waals surface area contributed by atoms with Crippen LogP contribution in [-0.2, 0) is 0 Å². The summed E-state index contributed by atoms with van der Waals surface area (Å²) in [5.74, 6) is 0.464. The predicted molar refractivity (Wildman–Crippen MR) is 69.6 cm³/mol. The third-order valence-electron chi connectivity index (χ3n) is 5.12. The molecule has 0 bridgehead atoms. The van der Waals surface area contributed by atoms with Crippen molar-refractivity contribution >= 4 is 0 Å². The van der Waals surface area contributed by atoms with Crippen LogP contribution in [0.25, 0.3) is 0 Å². The number of rotatable bonds is 1. The van der Waals surface area contributed by atoms with Crippen molar-refractivity contribution in [2.24, 2.45) is 17.3 Å². The predicted octanol–water partition coefficient (Wildman–Crippen LogP) is 2.89. The molecule has 2 aliphatic carbocycles. The zero-order valence-electron chi connectivity index (χ0n) is 11.4. The van der Waals surface area contributed by atoms with Gasteiger partial charge in [0.05, 0.1) is 11.7 Å². The molecule has 98 valence electrons.